The Morgan fingerprint density at radius 1 is 1.07 bits per heavy atom. The standard InChI is InChI=1S/C19H20Cl2N4O3S2/c1-28-14-5-2-11(3-6-14)22-18(29)10-13(26)9-17(27)24-25-19(30)23-12-4-7-15(20)16(21)8-12/h2-8,18,22,29H,9-10H2,1H3,(H,24,27)(H2,23,25,30). The monoisotopic (exact) mass is 486 g/mol. The minimum atomic E-state index is -0.525. The van der Waals surface area contributed by atoms with Crippen molar-refractivity contribution in [2.75, 3.05) is 17.7 Å². The van der Waals surface area contributed by atoms with Crippen LogP contribution in [0.2, 0.25) is 10.0 Å². The second-order valence-electron chi connectivity index (χ2n) is 6.06. The summed E-state index contributed by atoms with van der Waals surface area (Å²) in [7, 11) is 1.58. The molecule has 0 aliphatic rings. The predicted molar refractivity (Wildman–Crippen MR) is 128 cm³/mol. The smallest absolute Gasteiger partial charge is 0.245 e. The lowest BCUT2D eigenvalue weighted by molar-refractivity contribution is -0.128. The summed E-state index contributed by atoms with van der Waals surface area (Å²) in [6, 6.07) is 12.1. The van der Waals surface area contributed by atoms with Crippen molar-refractivity contribution in [3.63, 3.8) is 0 Å². The number of benzene rings is 2. The number of anilines is 2. The topological polar surface area (TPSA) is 91.5 Å². The molecule has 0 aromatic heterocycles. The lowest BCUT2D eigenvalue weighted by Gasteiger charge is -2.15. The molecular formula is C19H20Cl2N4O3S2. The number of halogens is 2. The summed E-state index contributed by atoms with van der Waals surface area (Å²) in [6.07, 6.45) is -0.252. The Kier molecular flexibility index (Phi) is 9.51. The number of hydrogen-bond acceptors (Lipinski definition) is 6. The molecule has 2 aromatic carbocycles. The van der Waals surface area contributed by atoms with Crippen molar-refractivity contribution >= 4 is 76.2 Å². The number of thiol groups is 1. The van der Waals surface area contributed by atoms with Crippen LogP contribution in [0.4, 0.5) is 11.4 Å². The first-order valence-electron chi connectivity index (χ1n) is 8.68. The van der Waals surface area contributed by atoms with Gasteiger partial charge in [0, 0.05) is 17.8 Å². The van der Waals surface area contributed by atoms with Crippen molar-refractivity contribution in [1.29, 1.82) is 0 Å². The van der Waals surface area contributed by atoms with Gasteiger partial charge in [-0.2, -0.15) is 12.6 Å². The molecule has 0 fully saturated rings. The number of rotatable bonds is 8. The molecule has 0 saturated heterocycles. The highest BCUT2D eigenvalue weighted by atomic mass is 35.5. The number of nitrogens with one attached hydrogen (secondary N) is 4. The molecule has 30 heavy (non-hydrogen) atoms. The average Bonchev–Trinajstić information content (AvgIpc) is 2.69. The highest BCUT2D eigenvalue weighted by Gasteiger charge is 2.14. The third kappa shape index (κ3) is 8.27. The Hall–Kier alpha value is -2.20. The Balaban J connectivity index is 1.70. The van der Waals surface area contributed by atoms with Crippen molar-refractivity contribution in [2.24, 2.45) is 0 Å². The molecule has 0 radical (unpaired) electrons. The molecule has 0 spiro atoms. The van der Waals surface area contributed by atoms with Gasteiger partial charge in [0.05, 0.1) is 28.9 Å². The maximum absolute atomic E-state index is 12.1. The first-order chi connectivity index (χ1) is 14.3. The molecule has 160 valence electrons. The summed E-state index contributed by atoms with van der Waals surface area (Å²) in [5.41, 5.74) is 6.26. The molecule has 1 amide bonds. The molecule has 0 heterocycles. The quantitative estimate of drug-likeness (QED) is 0.126. The van der Waals surface area contributed by atoms with Crippen molar-refractivity contribution < 1.29 is 14.3 Å². The van der Waals surface area contributed by atoms with Gasteiger partial charge in [-0.25, -0.2) is 0 Å². The number of thiocarbonyl (C=S) groups is 1. The van der Waals surface area contributed by atoms with E-state index < -0.39 is 11.3 Å². The molecule has 11 heteroatoms. The summed E-state index contributed by atoms with van der Waals surface area (Å²) >= 11 is 21.2. The van der Waals surface area contributed by atoms with Crippen LogP contribution in [0.3, 0.4) is 0 Å². The van der Waals surface area contributed by atoms with Gasteiger partial charge in [0.25, 0.3) is 0 Å². The normalized spacial score (nSPS) is 11.2. The van der Waals surface area contributed by atoms with Crippen LogP contribution in [0.15, 0.2) is 42.5 Å². The van der Waals surface area contributed by atoms with Gasteiger partial charge in [0.15, 0.2) is 5.11 Å². The van der Waals surface area contributed by atoms with Crippen LogP contribution in [-0.4, -0.2) is 29.3 Å². The number of ketones is 1. The van der Waals surface area contributed by atoms with Crippen LogP contribution < -0.4 is 26.2 Å². The van der Waals surface area contributed by atoms with Crippen LogP contribution in [-0.2, 0) is 9.59 Å². The minimum absolute atomic E-state index is 0.0640. The fourth-order valence-corrected chi connectivity index (χ4v) is 3.12. The third-order valence-electron chi connectivity index (χ3n) is 3.69. The van der Waals surface area contributed by atoms with Gasteiger partial charge in [0.1, 0.15) is 11.5 Å². The molecule has 2 rings (SSSR count). The Labute approximate surface area is 195 Å². The summed E-state index contributed by atoms with van der Waals surface area (Å²) in [5.74, 6) is -0.0787. The summed E-state index contributed by atoms with van der Waals surface area (Å²) in [4.78, 5) is 24.0. The van der Waals surface area contributed by atoms with E-state index in [4.69, 9.17) is 40.2 Å². The van der Waals surface area contributed by atoms with E-state index in [2.05, 4.69) is 34.1 Å². The van der Waals surface area contributed by atoms with E-state index in [1.165, 1.54) is 0 Å². The molecule has 0 bridgehead atoms. The Bertz CT molecular complexity index is 913. The fourth-order valence-electron chi connectivity index (χ4n) is 2.30. The number of carbonyl (C=O) groups excluding carboxylic acids is 2. The van der Waals surface area contributed by atoms with Crippen molar-refractivity contribution in [2.45, 2.75) is 18.2 Å². The molecular weight excluding hydrogens is 467 g/mol. The van der Waals surface area contributed by atoms with E-state index in [0.717, 1.165) is 11.4 Å². The van der Waals surface area contributed by atoms with E-state index in [-0.39, 0.29) is 23.7 Å². The summed E-state index contributed by atoms with van der Waals surface area (Å²) in [6.45, 7) is 0. The van der Waals surface area contributed by atoms with Crippen molar-refractivity contribution in [1.82, 2.24) is 10.9 Å². The van der Waals surface area contributed by atoms with Crippen LogP contribution in [0.25, 0.3) is 0 Å². The van der Waals surface area contributed by atoms with E-state index in [9.17, 15) is 9.59 Å². The van der Waals surface area contributed by atoms with E-state index in [0.29, 0.717) is 15.7 Å². The highest BCUT2D eigenvalue weighted by molar-refractivity contribution is 7.81. The zero-order valence-corrected chi connectivity index (χ0v) is 19.1. The number of hydrogen-bond donors (Lipinski definition) is 5. The molecule has 1 unspecified atom stereocenters. The number of Topliss-reactive ketones (excluding diaryl/α,β-unsaturated/α-hetero) is 1. The maximum Gasteiger partial charge on any atom is 0.245 e. The van der Waals surface area contributed by atoms with Gasteiger partial charge in [-0.3, -0.25) is 20.4 Å². The lowest BCUT2D eigenvalue weighted by Crippen LogP contribution is -2.44. The third-order valence-corrected chi connectivity index (χ3v) is 4.95. The highest BCUT2D eigenvalue weighted by Crippen LogP contribution is 2.24. The average molecular weight is 487 g/mol. The Morgan fingerprint density at radius 2 is 1.73 bits per heavy atom. The largest absolute Gasteiger partial charge is 0.497 e. The van der Waals surface area contributed by atoms with Crippen molar-refractivity contribution in [3.05, 3.63) is 52.5 Å². The molecule has 1 atom stereocenters. The SMILES string of the molecule is COc1ccc(NC(S)CC(=O)CC(=O)NNC(=S)Nc2ccc(Cl)c(Cl)c2)cc1. The van der Waals surface area contributed by atoms with Gasteiger partial charge in [0.2, 0.25) is 5.91 Å². The van der Waals surface area contributed by atoms with E-state index in [1.807, 2.05) is 12.1 Å². The van der Waals surface area contributed by atoms with Gasteiger partial charge >= 0.3 is 0 Å². The van der Waals surface area contributed by atoms with Gasteiger partial charge in [-0.05, 0) is 54.7 Å². The zero-order valence-electron chi connectivity index (χ0n) is 15.9. The Morgan fingerprint density at radius 3 is 2.37 bits per heavy atom. The number of hydrazine groups is 1. The van der Waals surface area contributed by atoms with Gasteiger partial charge in [-0.1, -0.05) is 23.2 Å². The molecule has 4 N–H and O–H groups in total. The first-order valence-corrected chi connectivity index (χ1v) is 10.4. The van der Waals surface area contributed by atoms with E-state index in [1.54, 1.807) is 37.4 Å². The number of carbonyl (C=O) groups is 2. The van der Waals surface area contributed by atoms with Crippen LogP contribution in [0.5, 0.6) is 5.75 Å². The summed E-state index contributed by atoms with van der Waals surface area (Å²) < 4.78 is 5.09. The van der Waals surface area contributed by atoms with Crippen LogP contribution >= 0.6 is 48.0 Å². The second-order valence-corrected chi connectivity index (χ2v) is 7.91. The van der Waals surface area contributed by atoms with Gasteiger partial charge < -0.3 is 15.4 Å². The summed E-state index contributed by atoms with van der Waals surface area (Å²) in [5, 5.41) is 6.37. The first kappa shape index (κ1) is 24.1. The molecule has 0 aliphatic carbocycles. The minimum Gasteiger partial charge on any atom is -0.497 e. The predicted octanol–water partition coefficient (Wildman–Crippen LogP) is 4.04. The number of methoxy groups -OCH3 is 1. The zero-order chi connectivity index (χ0) is 22.1. The molecule has 0 saturated carbocycles. The number of ether oxygens (including phenoxy) is 1. The molecule has 7 nitrogen and oxygen atoms in total. The van der Waals surface area contributed by atoms with E-state index >= 15 is 0 Å². The molecule has 2 aromatic rings. The fraction of sp³-hybridized carbons (Fsp3) is 0.211. The maximum atomic E-state index is 12.1. The van der Waals surface area contributed by atoms with Crippen LogP contribution in [0.1, 0.15) is 12.8 Å². The second kappa shape index (κ2) is 11.8. The number of amides is 1. The van der Waals surface area contributed by atoms with Crippen molar-refractivity contribution in [3.8, 4) is 5.75 Å². The van der Waals surface area contributed by atoms with Crippen LogP contribution in [0, 0.1) is 0 Å². The van der Waals surface area contributed by atoms with Gasteiger partial charge in [-0.15, -0.1) is 0 Å². The molecule has 0 aliphatic heterocycles. The lowest BCUT2D eigenvalue weighted by atomic mass is 10.2.